The van der Waals surface area contributed by atoms with Crippen LogP contribution >= 0.6 is 0 Å². The molecule has 1 atom stereocenters. The predicted octanol–water partition coefficient (Wildman–Crippen LogP) is 3.11. The Kier molecular flexibility index (Phi) is 5.11. The van der Waals surface area contributed by atoms with Crippen LogP contribution in [0.4, 0.5) is 4.39 Å². The Morgan fingerprint density at radius 3 is 2.63 bits per heavy atom. The van der Waals surface area contributed by atoms with Crippen LogP contribution in [0.3, 0.4) is 0 Å². The summed E-state index contributed by atoms with van der Waals surface area (Å²) in [4.78, 5) is 26.8. The zero-order chi connectivity index (χ0) is 21.4. The van der Waals surface area contributed by atoms with Crippen molar-refractivity contribution in [2.45, 2.75) is 32.2 Å². The van der Waals surface area contributed by atoms with Crippen LogP contribution in [0.5, 0.6) is 0 Å². The highest BCUT2D eigenvalue weighted by Gasteiger charge is 2.33. The molecule has 6 nitrogen and oxygen atoms in total. The third-order valence-electron chi connectivity index (χ3n) is 5.62. The number of amides is 2. The summed E-state index contributed by atoms with van der Waals surface area (Å²) >= 11 is 0. The number of benzene rings is 2. The largest absolute Gasteiger partial charge is 0.368 e. The lowest BCUT2D eigenvalue weighted by Crippen LogP contribution is -2.39. The number of fused-ring (bicyclic) bond motifs is 1. The van der Waals surface area contributed by atoms with E-state index in [0.29, 0.717) is 11.3 Å². The lowest BCUT2D eigenvalue weighted by atomic mass is 10.0. The van der Waals surface area contributed by atoms with E-state index in [2.05, 4.69) is 5.10 Å². The van der Waals surface area contributed by atoms with Crippen LogP contribution in [0.2, 0.25) is 0 Å². The number of likely N-dealkylation sites (N-methyl/N-ethyl adjacent to an activating group) is 1. The van der Waals surface area contributed by atoms with Gasteiger partial charge in [-0.2, -0.15) is 5.10 Å². The Morgan fingerprint density at radius 1 is 1.17 bits per heavy atom. The van der Waals surface area contributed by atoms with Crippen molar-refractivity contribution in [1.29, 1.82) is 0 Å². The van der Waals surface area contributed by atoms with E-state index < -0.39 is 23.7 Å². The molecule has 1 aliphatic carbocycles. The minimum Gasteiger partial charge on any atom is -0.368 e. The van der Waals surface area contributed by atoms with Crippen LogP contribution < -0.4 is 5.73 Å². The van der Waals surface area contributed by atoms with Gasteiger partial charge in [-0.3, -0.25) is 9.59 Å². The molecule has 2 aromatic carbocycles. The monoisotopic (exact) mass is 406 g/mol. The number of aromatic nitrogens is 2. The molecule has 7 heteroatoms. The number of nitrogens with two attached hydrogens (primary N) is 1. The lowest BCUT2D eigenvalue weighted by molar-refractivity contribution is -0.122. The van der Waals surface area contributed by atoms with E-state index in [1.54, 1.807) is 6.07 Å². The van der Waals surface area contributed by atoms with E-state index in [1.807, 2.05) is 35.9 Å². The summed E-state index contributed by atoms with van der Waals surface area (Å²) in [5.74, 6) is -1.63. The van der Waals surface area contributed by atoms with E-state index in [4.69, 9.17) is 5.73 Å². The highest BCUT2D eigenvalue weighted by molar-refractivity contribution is 5.97. The first kappa shape index (κ1) is 19.8. The van der Waals surface area contributed by atoms with Gasteiger partial charge in [0.25, 0.3) is 5.91 Å². The third kappa shape index (κ3) is 3.36. The van der Waals surface area contributed by atoms with E-state index in [0.717, 1.165) is 41.8 Å². The van der Waals surface area contributed by atoms with Gasteiger partial charge in [-0.1, -0.05) is 30.3 Å². The number of halogens is 1. The second kappa shape index (κ2) is 7.74. The third-order valence-corrected chi connectivity index (χ3v) is 5.62. The number of carbonyl (C=O) groups is 2. The molecular weight excluding hydrogens is 383 g/mol. The highest BCUT2D eigenvalue weighted by Crippen LogP contribution is 2.31. The van der Waals surface area contributed by atoms with Crippen molar-refractivity contribution in [1.82, 2.24) is 14.7 Å². The van der Waals surface area contributed by atoms with Crippen LogP contribution in [0.15, 0.2) is 48.5 Å². The summed E-state index contributed by atoms with van der Waals surface area (Å²) in [7, 11) is 1.50. The summed E-state index contributed by atoms with van der Waals surface area (Å²) < 4.78 is 15.5. The zero-order valence-electron chi connectivity index (χ0n) is 16.9. The van der Waals surface area contributed by atoms with Gasteiger partial charge in [0.05, 0.1) is 5.69 Å². The summed E-state index contributed by atoms with van der Waals surface area (Å²) in [6.45, 7) is 2.00. The standard InChI is InChI=1S/C23H23FN4O2/c1-14-7-3-4-11-18(14)28-19-12-6-10-17(19)20(26-28)23(30)27(2)21(22(25)29)15-8-5-9-16(24)13-15/h3-5,7-9,11,13,21H,6,10,12H2,1-2H3,(H2,25,29). The van der Waals surface area contributed by atoms with E-state index in [-0.39, 0.29) is 0 Å². The van der Waals surface area contributed by atoms with E-state index in [1.165, 1.54) is 30.1 Å². The Balaban J connectivity index is 1.75. The van der Waals surface area contributed by atoms with E-state index in [9.17, 15) is 14.0 Å². The van der Waals surface area contributed by atoms with Gasteiger partial charge in [0, 0.05) is 18.3 Å². The van der Waals surface area contributed by atoms with Gasteiger partial charge in [-0.05, 0) is 55.5 Å². The van der Waals surface area contributed by atoms with Crippen LogP contribution in [0, 0.1) is 12.7 Å². The van der Waals surface area contributed by atoms with Crippen molar-refractivity contribution in [2.24, 2.45) is 5.73 Å². The molecule has 154 valence electrons. The first-order valence-corrected chi connectivity index (χ1v) is 9.87. The molecule has 2 amide bonds. The molecule has 1 aliphatic rings. The minimum absolute atomic E-state index is 0.316. The number of para-hydroxylation sites is 1. The predicted molar refractivity (Wildman–Crippen MR) is 111 cm³/mol. The maximum Gasteiger partial charge on any atom is 0.275 e. The van der Waals surface area contributed by atoms with Crippen molar-refractivity contribution in [3.05, 3.63) is 82.4 Å². The number of nitrogens with zero attached hydrogens (tertiary/aromatic N) is 3. The lowest BCUT2D eigenvalue weighted by Gasteiger charge is -2.25. The normalized spacial score (nSPS) is 13.7. The second-order valence-corrected chi connectivity index (χ2v) is 7.60. The molecule has 0 saturated heterocycles. The molecule has 30 heavy (non-hydrogen) atoms. The number of rotatable bonds is 5. The summed E-state index contributed by atoms with van der Waals surface area (Å²) in [5.41, 5.74) is 10.1. The van der Waals surface area contributed by atoms with Crippen LogP contribution in [0.1, 0.15) is 45.3 Å². The molecule has 0 aliphatic heterocycles. The fourth-order valence-corrected chi connectivity index (χ4v) is 4.15. The van der Waals surface area contributed by atoms with Crippen molar-refractivity contribution < 1.29 is 14.0 Å². The molecule has 0 spiro atoms. The SMILES string of the molecule is Cc1ccccc1-n1nc(C(=O)N(C)C(C(N)=O)c2cccc(F)c2)c2c1CCC2. The number of hydrogen-bond acceptors (Lipinski definition) is 3. The Bertz CT molecular complexity index is 1140. The summed E-state index contributed by atoms with van der Waals surface area (Å²) in [5, 5.41) is 4.64. The molecule has 0 bridgehead atoms. The van der Waals surface area contributed by atoms with Crippen molar-refractivity contribution in [2.75, 3.05) is 7.05 Å². The fraction of sp³-hybridized carbons (Fsp3) is 0.261. The average molecular weight is 406 g/mol. The van der Waals surface area contributed by atoms with Crippen molar-refractivity contribution in [3.63, 3.8) is 0 Å². The van der Waals surface area contributed by atoms with Gasteiger partial charge in [-0.25, -0.2) is 9.07 Å². The Morgan fingerprint density at radius 2 is 1.93 bits per heavy atom. The average Bonchev–Trinajstić information content (AvgIpc) is 3.31. The van der Waals surface area contributed by atoms with Gasteiger partial charge >= 0.3 is 0 Å². The van der Waals surface area contributed by atoms with Gasteiger partial charge < -0.3 is 10.6 Å². The van der Waals surface area contributed by atoms with E-state index >= 15 is 0 Å². The van der Waals surface area contributed by atoms with Gasteiger partial charge in [0.15, 0.2) is 5.69 Å². The Hall–Kier alpha value is -3.48. The molecule has 0 fully saturated rings. The summed E-state index contributed by atoms with van der Waals surface area (Å²) in [6, 6.07) is 12.3. The molecule has 3 aromatic rings. The van der Waals surface area contributed by atoms with Gasteiger partial charge in [0.2, 0.25) is 5.91 Å². The van der Waals surface area contributed by atoms with Crippen molar-refractivity contribution in [3.8, 4) is 5.69 Å². The van der Waals surface area contributed by atoms with Gasteiger partial charge in [-0.15, -0.1) is 0 Å². The molecule has 1 unspecified atom stereocenters. The molecule has 0 saturated carbocycles. The number of hydrogen-bond donors (Lipinski definition) is 1. The molecule has 1 aromatic heterocycles. The first-order chi connectivity index (χ1) is 14.4. The van der Waals surface area contributed by atoms with Crippen LogP contribution in [-0.4, -0.2) is 33.5 Å². The summed E-state index contributed by atoms with van der Waals surface area (Å²) in [6.07, 6.45) is 2.51. The molecular formula is C23H23FN4O2. The smallest absolute Gasteiger partial charge is 0.275 e. The number of primary amides is 1. The highest BCUT2D eigenvalue weighted by atomic mass is 19.1. The zero-order valence-corrected chi connectivity index (χ0v) is 16.9. The van der Waals surface area contributed by atoms with Crippen LogP contribution in [-0.2, 0) is 17.6 Å². The van der Waals surface area contributed by atoms with Gasteiger partial charge in [0.1, 0.15) is 11.9 Å². The topological polar surface area (TPSA) is 81.2 Å². The number of carbonyl (C=O) groups excluding carboxylic acids is 2. The second-order valence-electron chi connectivity index (χ2n) is 7.60. The molecule has 1 heterocycles. The first-order valence-electron chi connectivity index (χ1n) is 9.87. The maximum atomic E-state index is 13.7. The molecule has 0 radical (unpaired) electrons. The van der Waals surface area contributed by atoms with Crippen molar-refractivity contribution >= 4 is 11.8 Å². The quantitative estimate of drug-likeness (QED) is 0.707. The molecule has 4 rings (SSSR count). The molecule has 2 N–H and O–H groups in total. The fourth-order valence-electron chi connectivity index (χ4n) is 4.15. The minimum atomic E-state index is -1.09. The Labute approximate surface area is 174 Å². The van der Waals surface area contributed by atoms with Crippen LogP contribution in [0.25, 0.3) is 5.69 Å². The number of aryl methyl sites for hydroxylation is 1. The maximum absolute atomic E-state index is 13.7.